The summed E-state index contributed by atoms with van der Waals surface area (Å²) in [7, 11) is 0. The second-order valence-electron chi connectivity index (χ2n) is 4.91. The molecule has 0 bridgehead atoms. The van der Waals surface area contributed by atoms with Crippen molar-refractivity contribution in [3.05, 3.63) is 47.1 Å². The zero-order valence-corrected chi connectivity index (χ0v) is 12.3. The van der Waals surface area contributed by atoms with Crippen LogP contribution in [0.3, 0.4) is 0 Å². The number of hydrazine groups is 1. The number of amidine groups is 1. The van der Waals surface area contributed by atoms with Crippen LogP contribution < -0.4 is 16.2 Å². The van der Waals surface area contributed by atoms with Gasteiger partial charge in [0.15, 0.2) is 12.1 Å². The number of nitrogens with one attached hydrogen (secondary N) is 3. The maximum absolute atomic E-state index is 12.1. The molecule has 0 aromatic carbocycles. The van der Waals surface area contributed by atoms with Crippen molar-refractivity contribution in [2.45, 2.75) is 26.6 Å². The van der Waals surface area contributed by atoms with E-state index in [0.717, 1.165) is 11.3 Å². The molecule has 0 radical (unpaired) electrons. The van der Waals surface area contributed by atoms with Gasteiger partial charge in [0.2, 0.25) is 5.91 Å². The number of aromatic nitrogens is 2. The Morgan fingerprint density at radius 1 is 1.41 bits per heavy atom. The van der Waals surface area contributed by atoms with Crippen molar-refractivity contribution in [1.29, 1.82) is 0 Å². The van der Waals surface area contributed by atoms with E-state index in [1.165, 1.54) is 0 Å². The summed E-state index contributed by atoms with van der Waals surface area (Å²) in [6, 6.07) is 5.53. The lowest BCUT2D eigenvalue weighted by Crippen LogP contribution is -2.46. The van der Waals surface area contributed by atoms with Gasteiger partial charge < -0.3 is 15.3 Å². The average molecular weight is 300 g/mol. The Morgan fingerprint density at radius 3 is 2.95 bits per heavy atom. The normalized spacial score (nSPS) is 17.0. The van der Waals surface area contributed by atoms with Crippen molar-refractivity contribution in [2.24, 2.45) is 4.99 Å². The van der Waals surface area contributed by atoms with Crippen LogP contribution in [0.4, 0.5) is 0 Å². The van der Waals surface area contributed by atoms with E-state index in [9.17, 15) is 4.79 Å². The van der Waals surface area contributed by atoms with Crippen LogP contribution in [0.15, 0.2) is 33.9 Å². The molecule has 0 fully saturated rings. The molecule has 1 aliphatic heterocycles. The molecular weight excluding hydrogens is 284 g/mol. The summed E-state index contributed by atoms with van der Waals surface area (Å²) >= 11 is 0. The minimum absolute atomic E-state index is 0.167. The van der Waals surface area contributed by atoms with Crippen LogP contribution in [0, 0.1) is 13.8 Å². The molecule has 1 unspecified atom stereocenters. The fourth-order valence-corrected chi connectivity index (χ4v) is 2.15. The molecule has 2 aromatic heterocycles. The molecule has 22 heavy (non-hydrogen) atoms. The number of rotatable bonds is 4. The van der Waals surface area contributed by atoms with E-state index >= 15 is 0 Å². The van der Waals surface area contributed by atoms with Gasteiger partial charge in [-0.15, -0.1) is 0 Å². The molecule has 1 amide bonds. The van der Waals surface area contributed by atoms with Crippen LogP contribution >= 0.6 is 0 Å². The van der Waals surface area contributed by atoms with Crippen molar-refractivity contribution in [1.82, 2.24) is 26.3 Å². The zero-order valence-electron chi connectivity index (χ0n) is 12.3. The summed E-state index contributed by atoms with van der Waals surface area (Å²) in [5.74, 6) is 1.07. The summed E-state index contributed by atoms with van der Waals surface area (Å²) in [6.07, 6.45) is 1.35. The lowest BCUT2D eigenvalue weighted by atomic mass is 10.1. The molecule has 8 heteroatoms. The third-order valence-corrected chi connectivity index (χ3v) is 3.31. The van der Waals surface area contributed by atoms with E-state index in [-0.39, 0.29) is 12.3 Å². The van der Waals surface area contributed by atoms with E-state index in [1.54, 1.807) is 13.1 Å². The molecular formula is C14H16N6O2. The van der Waals surface area contributed by atoms with Gasteiger partial charge in [0.1, 0.15) is 11.5 Å². The summed E-state index contributed by atoms with van der Waals surface area (Å²) in [4.78, 5) is 20.6. The third-order valence-electron chi connectivity index (χ3n) is 3.31. The topological polar surface area (TPSA) is 104 Å². The first-order chi connectivity index (χ1) is 10.6. The van der Waals surface area contributed by atoms with Gasteiger partial charge in [0.25, 0.3) is 0 Å². The van der Waals surface area contributed by atoms with Gasteiger partial charge in [-0.05, 0) is 26.0 Å². The van der Waals surface area contributed by atoms with Crippen molar-refractivity contribution in [2.75, 3.05) is 0 Å². The van der Waals surface area contributed by atoms with Crippen LogP contribution in [0.1, 0.15) is 22.7 Å². The zero-order chi connectivity index (χ0) is 15.5. The summed E-state index contributed by atoms with van der Waals surface area (Å²) in [5, 5.41) is 6.61. The summed E-state index contributed by atoms with van der Waals surface area (Å²) in [5.41, 5.74) is 8.02. The van der Waals surface area contributed by atoms with E-state index in [1.807, 2.05) is 25.1 Å². The number of pyridine rings is 1. The first-order valence-electron chi connectivity index (χ1n) is 6.85. The number of amides is 1. The van der Waals surface area contributed by atoms with Gasteiger partial charge in [-0.1, -0.05) is 11.2 Å². The number of carbonyl (C=O) groups excluding carboxylic acids is 1. The van der Waals surface area contributed by atoms with E-state index in [4.69, 9.17) is 4.52 Å². The van der Waals surface area contributed by atoms with E-state index in [0.29, 0.717) is 17.3 Å². The third kappa shape index (κ3) is 2.96. The van der Waals surface area contributed by atoms with Gasteiger partial charge in [-0.2, -0.15) is 5.43 Å². The van der Waals surface area contributed by atoms with Crippen LogP contribution in [0.5, 0.6) is 0 Å². The highest BCUT2D eigenvalue weighted by Crippen LogP contribution is 2.12. The molecule has 2 aromatic rings. The maximum Gasteiger partial charge on any atom is 0.227 e. The number of aryl methyl sites for hydroxylation is 2. The molecule has 1 aliphatic rings. The molecule has 0 saturated carbocycles. The van der Waals surface area contributed by atoms with Crippen molar-refractivity contribution < 1.29 is 9.32 Å². The largest absolute Gasteiger partial charge is 0.361 e. The smallest absolute Gasteiger partial charge is 0.227 e. The lowest BCUT2D eigenvalue weighted by molar-refractivity contribution is -0.121. The number of aliphatic imine (C=N–C) groups is 1. The number of hydrogen-bond acceptors (Lipinski definition) is 7. The van der Waals surface area contributed by atoms with Gasteiger partial charge >= 0.3 is 0 Å². The standard InChI is InChI=1S/C14H16N6O2/c1-8-10(9(2)22-20-8)7-12(21)16-14-17-13(18-19-14)11-5-3-4-6-15-11/h3-6,14,19H,7H2,1-2H3,(H,16,21)(H,17,18). The first kappa shape index (κ1) is 14.2. The Morgan fingerprint density at radius 2 is 2.27 bits per heavy atom. The lowest BCUT2D eigenvalue weighted by Gasteiger charge is -2.09. The van der Waals surface area contributed by atoms with Crippen molar-refractivity contribution in [3.8, 4) is 0 Å². The van der Waals surface area contributed by atoms with Gasteiger partial charge in [0, 0.05) is 11.8 Å². The Bertz CT molecular complexity index is 690. The maximum atomic E-state index is 12.1. The fraction of sp³-hybridized carbons (Fsp3) is 0.286. The molecule has 0 spiro atoms. The van der Waals surface area contributed by atoms with E-state index < -0.39 is 6.29 Å². The van der Waals surface area contributed by atoms with Crippen LogP contribution in [0.2, 0.25) is 0 Å². The Labute approximate surface area is 127 Å². The van der Waals surface area contributed by atoms with Gasteiger partial charge in [0.05, 0.1) is 12.1 Å². The van der Waals surface area contributed by atoms with Gasteiger partial charge in [-0.3, -0.25) is 9.78 Å². The second kappa shape index (κ2) is 5.94. The second-order valence-corrected chi connectivity index (χ2v) is 4.91. The number of nitrogens with zero attached hydrogens (tertiary/aromatic N) is 3. The molecule has 0 saturated heterocycles. The van der Waals surface area contributed by atoms with Crippen LogP contribution in [-0.4, -0.2) is 28.2 Å². The molecule has 3 rings (SSSR count). The molecule has 3 heterocycles. The summed E-state index contributed by atoms with van der Waals surface area (Å²) < 4.78 is 5.05. The molecule has 8 nitrogen and oxygen atoms in total. The average Bonchev–Trinajstić information content (AvgIpc) is 3.10. The Kier molecular flexibility index (Phi) is 3.84. The highest BCUT2D eigenvalue weighted by Gasteiger charge is 2.21. The molecule has 114 valence electrons. The first-order valence-corrected chi connectivity index (χ1v) is 6.85. The quantitative estimate of drug-likeness (QED) is 0.744. The van der Waals surface area contributed by atoms with Crippen molar-refractivity contribution in [3.63, 3.8) is 0 Å². The van der Waals surface area contributed by atoms with Crippen LogP contribution in [0.25, 0.3) is 0 Å². The van der Waals surface area contributed by atoms with Gasteiger partial charge in [-0.25, -0.2) is 4.99 Å². The summed E-state index contributed by atoms with van der Waals surface area (Å²) in [6.45, 7) is 3.60. The highest BCUT2D eigenvalue weighted by atomic mass is 16.5. The van der Waals surface area contributed by atoms with E-state index in [2.05, 4.69) is 31.3 Å². The number of carbonyl (C=O) groups is 1. The monoisotopic (exact) mass is 300 g/mol. The van der Waals surface area contributed by atoms with Crippen LogP contribution in [-0.2, 0) is 11.2 Å². The minimum atomic E-state index is -0.537. The SMILES string of the molecule is Cc1noc(C)c1CC(=O)NC1N=C(c2ccccn2)NN1. The molecule has 0 aliphatic carbocycles. The molecule has 3 N–H and O–H groups in total. The van der Waals surface area contributed by atoms with Crippen molar-refractivity contribution >= 4 is 11.7 Å². The predicted molar refractivity (Wildman–Crippen MR) is 78.7 cm³/mol. The fourth-order valence-electron chi connectivity index (χ4n) is 2.15. The molecule has 1 atom stereocenters. The number of hydrogen-bond donors (Lipinski definition) is 3. The highest BCUT2D eigenvalue weighted by molar-refractivity contribution is 5.97. The Balaban J connectivity index is 1.62. The predicted octanol–water partition coefficient (Wildman–Crippen LogP) is 0.183. The Hall–Kier alpha value is -2.74. The minimum Gasteiger partial charge on any atom is -0.361 e.